The Balaban J connectivity index is 3.01. The van der Waals surface area contributed by atoms with Gasteiger partial charge >= 0.3 is 18.2 Å². The zero-order valence-electron chi connectivity index (χ0n) is 5.63. The summed E-state index contributed by atoms with van der Waals surface area (Å²) < 4.78 is 37.5. The maximum absolute atomic E-state index is 12.6. The largest absolute Gasteiger partial charge is 0.351 e. The van der Waals surface area contributed by atoms with E-state index in [2.05, 4.69) is 13.2 Å². The van der Waals surface area contributed by atoms with Crippen molar-refractivity contribution in [3.63, 3.8) is 0 Å². The molecule has 0 aromatic carbocycles. The van der Waals surface area contributed by atoms with Crippen LogP contribution < -0.4 is 0 Å². The van der Waals surface area contributed by atoms with E-state index in [0.29, 0.717) is 6.08 Å². The molecule has 1 rings (SSSR count). The predicted molar refractivity (Wildman–Crippen MR) is 36.2 cm³/mol. The summed E-state index contributed by atoms with van der Waals surface area (Å²) >= 11 is 0. The molecule has 0 heterocycles. The molecule has 0 radical (unpaired) electrons. The lowest BCUT2D eigenvalue weighted by molar-refractivity contribution is 0.434. The van der Waals surface area contributed by atoms with Gasteiger partial charge in [0.15, 0.2) is 5.57 Å². The van der Waals surface area contributed by atoms with Crippen molar-refractivity contribution >= 4 is 0 Å². The lowest BCUT2D eigenvalue weighted by atomic mass is 9.94. The molecular formula is C8H5F3+2. The van der Waals surface area contributed by atoms with Crippen LogP contribution >= 0.6 is 0 Å². The summed E-state index contributed by atoms with van der Waals surface area (Å²) in [7, 11) is 0. The number of allylic oxidation sites excluding steroid dienone is 4. The quantitative estimate of drug-likeness (QED) is 0.475. The first-order valence-corrected chi connectivity index (χ1v) is 2.85. The molecule has 0 nitrogen and oxygen atoms in total. The summed E-state index contributed by atoms with van der Waals surface area (Å²) in [6.45, 7) is 6.17. The van der Waals surface area contributed by atoms with Gasteiger partial charge in [-0.1, -0.05) is 8.78 Å². The molecular weight excluding hydrogens is 153 g/mol. The van der Waals surface area contributed by atoms with Gasteiger partial charge in [-0.2, -0.15) is 4.39 Å². The summed E-state index contributed by atoms with van der Waals surface area (Å²) in [5, 5.41) is 0. The van der Waals surface area contributed by atoms with Crippen molar-refractivity contribution in [3.05, 3.63) is 48.6 Å². The van der Waals surface area contributed by atoms with Gasteiger partial charge in [-0.3, -0.25) is 0 Å². The SMILES string of the molecule is C=C1C=C(F)[C+](F)C(=C)[C+]1F. The monoisotopic (exact) mass is 158 g/mol. The van der Waals surface area contributed by atoms with Crippen LogP contribution in [0.5, 0.6) is 0 Å². The van der Waals surface area contributed by atoms with E-state index >= 15 is 0 Å². The Morgan fingerprint density at radius 3 is 2.27 bits per heavy atom. The molecule has 3 heteroatoms. The highest BCUT2D eigenvalue weighted by molar-refractivity contribution is 5.54. The summed E-state index contributed by atoms with van der Waals surface area (Å²) in [4.78, 5) is 0. The van der Waals surface area contributed by atoms with E-state index < -0.39 is 23.7 Å². The van der Waals surface area contributed by atoms with E-state index in [-0.39, 0.29) is 5.57 Å². The van der Waals surface area contributed by atoms with E-state index in [4.69, 9.17) is 0 Å². The van der Waals surface area contributed by atoms with Crippen LogP contribution in [-0.4, -0.2) is 0 Å². The fourth-order valence-electron chi connectivity index (χ4n) is 0.714. The van der Waals surface area contributed by atoms with E-state index in [0.717, 1.165) is 0 Å². The van der Waals surface area contributed by atoms with Gasteiger partial charge < -0.3 is 0 Å². The van der Waals surface area contributed by atoms with E-state index in [1.54, 1.807) is 0 Å². The minimum atomic E-state index is -1.25. The molecule has 0 amide bonds. The summed E-state index contributed by atoms with van der Waals surface area (Å²) in [5.74, 6) is -1.12. The average molecular weight is 158 g/mol. The van der Waals surface area contributed by atoms with Crippen LogP contribution in [0, 0.1) is 12.3 Å². The zero-order valence-corrected chi connectivity index (χ0v) is 5.63. The minimum absolute atomic E-state index is 0.186. The van der Waals surface area contributed by atoms with Crippen LogP contribution in [0.25, 0.3) is 0 Å². The van der Waals surface area contributed by atoms with E-state index in [1.165, 1.54) is 0 Å². The Morgan fingerprint density at radius 2 is 1.73 bits per heavy atom. The Kier molecular flexibility index (Phi) is 1.72. The van der Waals surface area contributed by atoms with Crippen LogP contribution in [0.3, 0.4) is 0 Å². The Labute approximate surface area is 62.7 Å². The highest BCUT2D eigenvalue weighted by Crippen LogP contribution is 2.40. The molecule has 11 heavy (non-hydrogen) atoms. The van der Waals surface area contributed by atoms with Crippen molar-refractivity contribution in [2.45, 2.75) is 0 Å². The van der Waals surface area contributed by atoms with Crippen LogP contribution in [0.2, 0.25) is 0 Å². The molecule has 0 bridgehead atoms. The maximum Gasteiger partial charge on any atom is 0.351 e. The zero-order chi connectivity index (χ0) is 8.59. The summed E-state index contributed by atoms with van der Waals surface area (Å²) in [6, 6.07) is 0. The smallest absolute Gasteiger partial charge is 0.155 e. The fourth-order valence-corrected chi connectivity index (χ4v) is 0.714. The Hall–Kier alpha value is -1.25. The molecule has 0 fully saturated rings. The lowest BCUT2D eigenvalue weighted by Crippen LogP contribution is -2.09. The van der Waals surface area contributed by atoms with E-state index in [1.807, 2.05) is 0 Å². The first-order valence-electron chi connectivity index (χ1n) is 2.85. The third-order valence-electron chi connectivity index (χ3n) is 1.32. The first-order chi connectivity index (χ1) is 5.04. The average Bonchev–Trinajstić information content (AvgIpc) is 1.97. The lowest BCUT2D eigenvalue weighted by Gasteiger charge is -2.01. The van der Waals surface area contributed by atoms with Crippen molar-refractivity contribution < 1.29 is 13.2 Å². The van der Waals surface area contributed by atoms with Gasteiger partial charge in [0, 0.05) is 0 Å². The van der Waals surface area contributed by atoms with Crippen molar-refractivity contribution in [2.75, 3.05) is 0 Å². The summed E-state index contributed by atoms with van der Waals surface area (Å²) in [6.07, 6.45) is -1.46. The minimum Gasteiger partial charge on any atom is -0.155 e. The van der Waals surface area contributed by atoms with Crippen molar-refractivity contribution in [3.8, 4) is 0 Å². The summed E-state index contributed by atoms with van der Waals surface area (Å²) in [5.41, 5.74) is -0.760. The molecule has 0 aliphatic heterocycles. The van der Waals surface area contributed by atoms with E-state index in [9.17, 15) is 13.2 Å². The highest BCUT2D eigenvalue weighted by atomic mass is 19.2. The number of rotatable bonds is 0. The van der Waals surface area contributed by atoms with Crippen LogP contribution in [0.4, 0.5) is 13.2 Å². The molecule has 0 unspecified atom stereocenters. The van der Waals surface area contributed by atoms with Crippen LogP contribution in [0.15, 0.2) is 36.2 Å². The van der Waals surface area contributed by atoms with Crippen LogP contribution in [0.1, 0.15) is 0 Å². The van der Waals surface area contributed by atoms with Gasteiger partial charge in [-0.25, -0.2) is 0 Å². The molecule has 0 aromatic rings. The standard InChI is InChI=1S/C8H5F3/c1-4-3-6(9)8(11)5(2)7(4)10/h3H,1-2H2/q+2. The van der Waals surface area contributed by atoms with Gasteiger partial charge in [0.25, 0.3) is 5.57 Å². The third kappa shape index (κ3) is 1.13. The van der Waals surface area contributed by atoms with Gasteiger partial charge in [-0.15, -0.1) is 0 Å². The molecule has 1 aliphatic rings. The Morgan fingerprint density at radius 1 is 1.18 bits per heavy atom. The van der Waals surface area contributed by atoms with Gasteiger partial charge in [0.1, 0.15) is 6.08 Å². The third-order valence-corrected chi connectivity index (χ3v) is 1.32. The molecule has 0 saturated carbocycles. The van der Waals surface area contributed by atoms with Crippen molar-refractivity contribution in [2.24, 2.45) is 0 Å². The van der Waals surface area contributed by atoms with Gasteiger partial charge in [0.2, 0.25) is 0 Å². The molecule has 0 N–H and O–H groups in total. The molecule has 0 atom stereocenters. The predicted octanol–water partition coefficient (Wildman–Crippen LogP) is 2.97. The fraction of sp³-hybridized carbons (Fsp3) is 0. The molecule has 56 valence electrons. The highest BCUT2D eigenvalue weighted by Gasteiger charge is 2.49. The second-order valence-electron chi connectivity index (χ2n) is 2.12. The molecule has 0 aromatic heterocycles. The van der Waals surface area contributed by atoms with Gasteiger partial charge in [-0.05, 0) is 6.58 Å². The molecule has 0 saturated heterocycles. The van der Waals surface area contributed by atoms with Crippen molar-refractivity contribution in [1.82, 2.24) is 0 Å². The normalized spacial score (nSPS) is 19.0. The molecule has 1 aliphatic carbocycles. The number of halogens is 3. The first kappa shape index (κ1) is 7.85. The second kappa shape index (κ2) is 2.42. The number of hydrogen-bond donors (Lipinski definition) is 0. The van der Waals surface area contributed by atoms with Crippen LogP contribution in [-0.2, 0) is 0 Å². The number of hydrogen-bond acceptors (Lipinski definition) is 0. The Bertz CT molecular complexity index is 240. The van der Waals surface area contributed by atoms with Gasteiger partial charge in [0.05, 0.1) is 6.58 Å². The second-order valence-corrected chi connectivity index (χ2v) is 2.12. The maximum atomic E-state index is 12.6. The topological polar surface area (TPSA) is 0 Å². The molecule has 0 spiro atoms. The van der Waals surface area contributed by atoms with Crippen molar-refractivity contribution in [1.29, 1.82) is 0 Å².